The minimum atomic E-state index is -1.03. The Hall–Kier alpha value is -2.63. The minimum absolute atomic E-state index is 0.258. The number of rotatable bonds is 7. The number of carboxylic acid groups (broad SMARTS) is 1. The molecule has 0 spiro atoms. The SMILES string of the molecule is Cc1nn(C)c(C)c1C[C@H](C)C(=O)N[C@H](Cc1ccccc1)C(=O)O. The monoisotopic (exact) mass is 343 g/mol. The fourth-order valence-corrected chi connectivity index (χ4v) is 2.88. The lowest BCUT2D eigenvalue weighted by Gasteiger charge is -2.18. The average Bonchev–Trinajstić information content (AvgIpc) is 2.81. The van der Waals surface area contributed by atoms with Crippen LogP contribution in [0.5, 0.6) is 0 Å². The maximum Gasteiger partial charge on any atom is 0.326 e. The van der Waals surface area contributed by atoms with Crippen molar-refractivity contribution in [2.45, 2.75) is 39.7 Å². The van der Waals surface area contributed by atoms with E-state index in [1.807, 2.05) is 58.2 Å². The molecule has 0 unspecified atom stereocenters. The number of hydrogen-bond donors (Lipinski definition) is 2. The molecule has 134 valence electrons. The zero-order valence-corrected chi connectivity index (χ0v) is 15.1. The van der Waals surface area contributed by atoms with E-state index in [9.17, 15) is 14.7 Å². The van der Waals surface area contributed by atoms with Gasteiger partial charge in [0.2, 0.25) is 5.91 Å². The number of benzene rings is 1. The normalized spacial score (nSPS) is 13.3. The number of aryl methyl sites for hydroxylation is 2. The summed E-state index contributed by atoms with van der Waals surface area (Å²) in [4.78, 5) is 24.0. The summed E-state index contributed by atoms with van der Waals surface area (Å²) in [5.41, 5.74) is 3.84. The molecule has 0 aliphatic heterocycles. The average molecular weight is 343 g/mol. The van der Waals surface area contributed by atoms with Crippen LogP contribution in [0.3, 0.4) is 0 Å². The molecule has 0 saturated heterocycles. The Morgan fingerprint density at radius 2 is 1.84 bits per heavy atom. The first-order valence-corrected chi connectivity index (χ1v) is 8.35. The van der Waals surface area contributed by atoms with Gasteiger partial charge in [-0.2, -0.15) is 5.10 Å². The van der Waals surface area contributed by atoms with Crippen LogP contribution in [0.4, 0.5) is 0 Å². The van der Waals surface area contributed by atoms with Crippen molar-refractivity contribution in [1.29, 1.82) is 0 Å². The fourth-order valence-electron chi connectivity index (χ4n) is 2.88. The molecular formula is C19H25N3O3. The van der Waals surface area contributed by atoms with Gasteiger partial charge < -0.3 is 10.4 Å². The predicted molar refractivity (Wildman–Crippen MR) is 95.3 cm³/mol. The van der Waals surface area contributed by atoms with Gasteiger partial charge in [-0.1, -0.05) is 37.3 Å². The second kappa shape index (κ2) is 7.96. The molecule has 2 aromatic rings. The van der Waals surface area contributed by atoms with Gasteiger partial charge in [0.15, 0.2) is 0 Å². The lowest BCUT2D eigenvalue weighted by atomic mass is 9.98. The standard InChI is InChI=1S/C19H25N3O3/c1-12(10-16-13(2)21-22(4)14(16)3)18(23)20-17(19(24)25)11-15-8-6-5-7-9-15/h5-9,12,17H,10-11H2,1-4H3,(H,20,23)(H,24,25)/t12-,17+/m0/s1. The Bertz CT molecular complexity index is 753. The molecule has 2 rings (SSSR count). The molecule has 6 heteroatoms. The molecule has 1 heterocycles. The summed E-state index contributed by atoms with van der Waals surface area (Å²) < 4.78 is 1.80. The van der Waals surface area contributed by atoms with Gasteiger partial charge in [0, 0.05) is 25.1 Å². The highest BCUT2D eigenvalue weighted by Crippen LogP contribution is 2.17. The molecule has 0 bridgehead atoms. The lowest BCUT2D eigenvalue weighted by molar-refractivity contribution is -0.142. The number of carbonyl (C=O) groups excluding carboxylic acids is 1. The minimum Gasteiger partial charge on any atom is -0.480 e. The van der Waals surface area contributed by atoms with Gasteiger partial charge in [-0.25, -0.2) is 4.79 Å². The molecule has 6 nitrogen and oxygen atoms in total. The molecule has 0 radical (unpaired) electrons. The van der Waals surface area contributed by atoms with Gasteiger partial charge in [-0.05, 0) is 31.4 Å². The molecule has 0 aliphatic rings. The molecule has 0 saturated carbocycles. The third kappa shape index (κ3) is 4.68. The van der Waals surface area contributed by atoms with E-state index in [4.69, 9.17) is 0 Å². The van der Waals surface area contributed by atoms with Crippen molar-refractivity contribution >= 4 is 11.9 Å². The lowest BCUT2D eigenvalue weighted by Crippen LogP contribution is -2.44. The topological polar surface area (TPSA) is 84.2 Å². The first-order chi connectivity index (χ1) is 11.8. The van der Waals surface area contributed by atoms with E-state index < -0.39 is 12.0 Å². The second-order valence-corrected chi connectivity index (χ2v) is 6.47. The maximum atomic E-state index is 12.5. The summed E-state index contributed by atoms with van der Waals surface area (Å²) in [7, 11) is 1.87. The van der Waals surface area contributed by atoms with Crippen molar-refractivity contribution in [3.63, 3.8) is 0 Å². The second-order valence-electron chi connectivity index (χ2n) is 6.47. The Balaban J connectivity index is 2.03. The van der Waals surface area contributed by atoms with E-state index in [0.717, 1.165) is 22.5 Å². The van der Waals surface area contributed by atoms with E-state index in [2.05, 4.69) is 10.4 Å². The third-order valence-corrected chi connectivity index (χ3v) is 4.51. The van der Waals surface area contributed by atoms with E-state index in [-0.39, 0.29) is 18.2 Å². The summed E-state index contributed by atoms with van der Waals surface area (Å²) in [5, 5.41) is 16.4. The zero-order valence-electron chi connectivity index (χ0n) is 15.1. The van der Waals surface area contributed by atoms with Gasteiger partial charge in [-0.15, -0.1) is 0 Å². The van der Waals surface area contributed by atoms with Crippen molar-refractivity contribution in [2.24, 2.45) is 13.0 Å². The smallest absolute Gasteiger partial charge is 0.326 e. The third-order valence-electron chi connectivity index (χ3n) is 4.51. The van der Waals surface area contributed by atoms with Crippen LogP contribution >= 0.6 is 0 Å². The number of aromatic nitrogens is 2. The van der Waals surface area contributed by atoms with Crippen LogP contribution in [-0.2, 0) is 29.5 Å². The molecule has 1 aromatic carbocycles. The van der Waals surface area contributed by atoms with E-state index in [0.29, 0.717) is 6.42 Å². The number of hydrogen-bond acceptors (Lipinski definition) is 3. The van der Waals surface area contributed by atoms with Crippen LogP contribution in [0.25, 0.3) is 0 Å². The summed E-state index contributed by atoms with van der Waals surface area (Å²) >= 11 is 0. The highest BCUT2D eigenvalue weighted by atomic mass is 16.4. The van der Waals surface area contributed by atoms with E-state index >= 15 is 0 Å². The van der Waals surface area contributed by atoms with Crippen molar-refractivity contribution in [3.05, 3.63) is 52.8 Å². The van der Waals surface area contributed by atoms with Crippen molar-refractivity contribution in [1.82, 2.24) is 15.1 Å². The number of nitrogens with zero attached hydrogens (tertiary/aromatic N) is 2. The number of nitrogens with one attached hydrogen (secondary N) is 1. The molecule has 2 atom stereocenters. The summed E-state index contributed by atoms with van der Waals surface area (Å²) in [6.07, 6.45) is 0.800. The Morgan fingerprint density at radius 3 is 2.36 bits per heavy atom. The van der Waals surface area contributed by atoms with Gasteiger partial charge in [0.25, 0.3) is 0 Å². The molecular weight excluding hydrogens is 318 g/mol. The van der Waals surface area contributed by atoms with Crippen molar-refractivity contribution in [2.75, 3.05) is 0 Å². The van der Waals surface area contributed by atoms with Gasteiger partial charge >= 0.3 is 5.97 Å². The quantitative estimate of drug-likeness (QED) is 0.806. The van der Waals surface area contributed by atoms with Crippen molar-refractivity contribution < 1.29 is 14.7 Å². The summed E-state index contributed by atoms with van der Waals surface area (Å²) in [5.74, 6) is -1.62. The van der Waals surface area contributed by atoms with Crippen LogP contribution in [-0.4, -0.2) is 32.8 Å². The van der Waals surface area contributed by atoms with Crippen LogP contribution < -0.4 is 5.32 Å². The first-order valence-electron chi connectivity index (χ1n) is 8.35. The van der Waals surface area contributed by atoms with Gasteiger partial charge in [0.1, 0.15) is 6.04 Å². The van der Waals surface area contributed by atoms with Gasteiger partial charge in [-0.3, -0.25) is 9.48 Å². The van der Waals surface area contributed by atoms with E-state index in [1.165, 1.54) is 0 Å². The van der Waals surface area contributed by atoms with E-state index in [1.54, 1.807) is 4.68 Å². The Labute approximate surface area is 147 Å². The molecule has 25 heavy (non-hydrogen) atoms. The molecule has 1 amide bonds. The van der Waals surface area contributed by atoms with Crippen LogP contribution in [0.1, 0.15) is 29.4 Å². The highest BCUT2D eigenvalue weighted by molar-refractivity contribution is 5.85. The zero-order chi connectivity index (χ0) is 18.6. The van der Waals surface area contributed by atoms with Crippen LogP contribution in [0, 0.1) is 19.8 Å². The number of aliphatic carboxylic acids is 1. The first kappa shape index (κ1) is 18.7. The van der Waals surface area contributed by atoms with Crippen LogP contribution in [0.2, 0.25) is 0 Å². The maximum absolute atomic E-state index is 12.5. The van der Waals surface area contributed by atoms with Gasteiger partial charge in [0.05, 0.1) is 5.69 Å². The molecule has 0 fully saturated rings. The number of carboxylic acids is 1. The largest absolute Gasteiger partial charge is 0.480 e. The summed E-state index contributed by atoms with van der Waals surface area (Å²) in [6.45, 7) is 5.69. The molecule has 2 N–H and O–H groups in total. The van der Waals surface area contributed by atoms with Crippen LogP contribution in [0.15, 0.2) is 30.3 Å². The highest BCUT2D eigenvalue weighted by Gasteiger charge is 2.24. The van der Waals surface area contributed by atoms with Crippen molar-refractivity contribution in [3.8, 4) is 0 Å². The summed E-state index contributed by atoms with van der Waals surface area (Å²) in [6, 6.07) is 8.35. The Morgan fingerprint density at radius 1 is 1.20 bits per heavy atom. The molecule has 0 aliphatic carbocycles. The molecule has 1 aromatic heterocycles. The number of carbonyl (C=O) groups is 2. The predicted octanol–water partition coefficient (Wildman–Crippen LogP) is 2.03. The number of amides is 1. The Kier molecular flexibility index (Phi) is 5.96. The fraction of sp³-hybridized carbons (Fsp3) is 0.421.